The molecule has 2 aromatic carbocycles. The molecule has 0 unspecified atom stereocenters. The van der Waals surface area contributed by atoms with Crippen molar-refractivity contribution in [3.8, 4) is 0 Å². The van der Waals surface area contributed by atoms with Gasteiger partial charge in [0.25, 0.3) is 0 Å². The van der Waals surface area contributed by atoms with Gasteiger partial charge in [-0.3, -0.25) is 4.79 Å². The van der Waals surface area contributed by atoms with E-state index in [0.29, 0.717) is 9.47 Å². The van der Waals surface area contributed by atoms with E-state index in [9.17, 15) is 17.6 Å². The van der Waals surface area contributed by atoms with Crippen LogP contribution in [0.1, 0.15) is 0 Å². The van der Waals surface area contributed by atoms with E-state index in [2.05, 4.69) is 15.5 Å². The summed E-state index contributed by atoms with van der Waals surface area (Å²) < 4.78 is 41.2. The average Bonchev–Trinajstić information content (AvgIpc) is 3.25. The number of hydrogen-bond acceptors (Lipinski definition) is 8. The Labute approximate surface area is 193 Å². The number of amides is 1. The number of aromatic nitrogens is 2. The molecule has 12 heteroatoms. The van der Waals surface area contributed by atoms with Crippen LogP contribution in [0.5, 0.6) is 0 Å². The first kappa shape index (κ1) is 22.6. The lowest BCUT2D eigenvalue weighted by molar-refractivity contribution is -0.129. The van der Waals surface area contributed by atoms with E-state index in [1.165, 1.54) is 45.6 Å². The molecule has 0 bridgehead atoms. The lowest BCUT2D eigenvalue weighted by Crippen LogP contribution is -2.51. The molecule has 3 aromatic rings. The molecule has 8 nitrogen and oxygen atoms in total. The van der Waals surface area contributed by atoms with Gasteiger partial charge >= 0.3 is 0 Å². The van der Waals surface area contributed by atoms with Gasteiger partial charge in [-0.25, -0.2) is 12.8 Å². The number of carbonyl (C=O) groups is 1. The Kier molecular flexibility index (Phi) is 7.04. The molecule has 0 spiro atoms. The van der Waals surface area contributed by atoms with E-state index in [0.717, 1.165) is 11.8 Å². The van der Waals surface area contributed by atoms with Gasteiger partial charge in [0.15, 0.2) is 4.34 Å². The summed E-state index contributed by atoms with van der Waals surface area (Å²) in [7, 11) is -3.93. The van der Waals surface area contributed by atoms with Gasteiger partial charge in [-0.15, -0.1) is 10.2 Å². The standard InChI is InChI=1S/C20H20FN5O3S3/c21-16-8-4-5-9-17(16)32(28,29)26-12-10-25(11-13-26)18(27)14-30-20-24-23-19(31-20)22-15-6-2-1-3-7-15/h1-9H,10-14H2,(H,22,23). The number of halogens is 1. The maximum absolute atomic E-state index is 13.9. The van der Waals surface area contributed by atoms with E-state index in [4.69, 9.17) is 0 Å². The largest absolute Gasteiger partial charge is 0.339 e. The summed E-state index contributed by atoms with van der Waals surface area (Å²) in [6.45, 7) is 0.752. The fraction of sp³-hybridized carbons (Fsp3) is 0.250. The van der Waals surface area contributed by atoms with Crippen molar-refractivity contribution in [2.45, 2.75) is 9.24 Å². The molecular weight excluding hydrogens is 473 g/mol. The summed E-state index contributed by atoms with van der Waals surface area (Å²) in [5.74, 6) is -0.702. The first-order chi connectivity index (χ1) is 15.4. The Morgan fingerprint density at radius 2 is 1.72 bits per heavy atom. The van der Waals surface area contributed by atoms with E-state index in [1.807, 2.05) is 30.3 Å². The van der Waals surface area contributed by atoms with Crippen molar-refractivity contribution in [3.63, 3.8) is 0 Å². The number of sulfonamides is 1. The molecule has 0 aliphatic carbocycles. The average molecular weight is 494 g/mol. The van der Waals surface area contributed by atoms with Gasteiger partial charge in [0, 0.05) is 31.9 Å². The van der Waals surface area contributed by atoms with Gasteiger partial charge in [0.1, 0.15) is 10.7 Å². The summed E-state index contributed by atoms with van der Waals surface area (Å²) in [5, 5.41) is 12.0. The zero-order valence-electron chi connectivity index (χ0n) is 16.8. The highest BCUT2D eigenvalue weighted by Crippen LogP contribution is 2.28. The Morgan fingerprint density at radius 3 is 2.44 bits per heavy atom. The molecule has 1 aliphatic rings. The smallest absolute Gasteiger partial charge is 0.246 e. The second-order valence-electron chi connectivity index (χ2n) is 6.87. The summed E-state index contributed by atoms with van der Waals surface area (Å²) in [6, 6.07) is 14.9. The molecular formula is C20H20FN5O3S3. The molecule has 0 saturated carbocycles. The van der Waals surface area contributed by atoms with Crippen LogP contribution in [0.15, 0.2) is 63.8 Å². The summed E-state index contributed by atoms with van der Waals surface area (Å²) in [5.41, 5.74) is 0.902. The van der Waals surface area contributed by atoms with E-state index < -0.39 is 15.8 Å². The number of piperazine rings is 1. The number of anilines is 2. The summed E-state index contributed by atoms with van der Waals surface area (Å²) in [6.07, 6.45) is 0. The number of nitrogens with one attached hydrogen (secondary N) is 1. The quantitative estimate of drug-likeness (QED) is 0.506. The fourth-order valence-electron chi connectivity index (χ4n) is 3.15. The van der Waals surface area contributed by atoms with Gasteiger partial charge < -0.3 is 10.2 Å². The highest BCUT2D eigenvalue weighted by Gasteiger charge is 2.31. The van der Waals surface area contributed by atoms with Crippen LogP contribution in [0.3, 0.4) is 0 Å². The third-order valence-electron chi connectivity index (χ3n) is 4.80. The van der Waals surface area contributed by atoms with Crippen LogP contribution in [0.25, 0.3) is 0 Å². The number of hydrogen-bond donors (Lipinski definition) is 1. The van der Waals surface area contributed by atoms with Crippen LogP contribution in [-0.4, -0.2) is 65.7 Å². The van der Waals surface area contributed by atoms with Crippen molar-refractivity contribution in [1.29, 1.82) is 0 Å². The van der Waals surface area contributed by atoms with Crippen LogP contribution in [0.2, 0.25) is 0 Å². The van der Waals surface area contributed by atoms with E-state index in [-0.39, 0.29) is 42.7 Å². The number of rotatable bonds is 7. The molecule has 1 saturated heterocycles. The predicted octanol–water partition coefficient (Wildman–Crippen LogP) is 3.05. The van der Waals surface area contributed by atoms with Gasteiger partial charge in [0.05, 0.1) is 5.75 Å². The summed E-state index contributed by atoms with van der Waals surface area (Å²) in [4.78, 5) is 13.8. The molecule has 2 heterocycles. The highest BCUT2D eigenvalue weighted by atomic mass is 32.2. The van der Waals surface area contributed by atoms with Gasteiger partial charge in [-0.05, 0) is 24.3 Å². The number of nitrogens with zero attached hydrogens (tertiary/aromatic N) is 4. The molecule has 1 aliphatic heterocycles. The molecule has 4 rings (SSSR count). The SMILES string of the molecule is O=C(CSc1nnc(Nc2ccccc2)s1)N1CCN(S(=O)(=O)c2ccccc2F)CC1. The van der Waals surface area contributed by atoms with E-state index >= 15 is 0 Å². The first-order valence-electron chi connectivity index (χ1n) is 9.74. The van der Waals surface area contributed by atoms with Crippen molar-refractivity contribution in [1.82, 2.24) is 19.4 Å². The van der Waals surface area contributed by atoms with Crippen LogP contribution in [0.4, 0.5) is 15.2 Å². The van der Waals surface area contributed by atoms with Crippen LogP contribution in [-0.2, 0) is 14.8 Å². The minimum absolute atomic E-state index is 0.106. The third-order valence-corrected chi connectivity index (χ3v) is 8.69. The summed E-state index contributed by atoms with van der Waals surface area (Å²) >= 11 is 2.65. The highest BCUT2D eigenvalue weighted by molar-refractivity contribution is 8.01. The van der Waals surface area contributed by atoms with Crippen LogP contribution >= 0.6 is 23.1 Å². The normalized spacial score (nSPS) is 15.0. The zero-order chi connectivity index (χ0) is 22.6. The molecule has 1 fully saturated rings. The lowest BCUT2D eigenvalue weighted by atomic mass is 10.3. The monoisotopic (exact) mass is 493 g/mol. The van der Waals surface area contributed by atoms with Crippen molar-refractivity contribution in [3.05, 3.63) is 60.4 Å². The molecule has 32 heavy (non-hydrogen) atoms. The second kappa shape index (κ2) is 9.94. The fourth-order valence-corrected chi connectivity index (χ4v) is 6.31. The molecule has 0 radical (unpaired) electrons. The number of para-hydroxylation sites is 1. The van der Waals surface area contributed by atoms with Gasteiger partial charge in [-0.1, -0.05) is 53.4 Å². The minimum Gasteiger partial charge on any atom is -0.339 e. The molecule has 168 valence electrons. The number of thioether (sulfide) groups is 1. The predicted molar refractivity (Wildman–Crippen MR) is 122 cm³/mol. The third kappa shape index (κ3) is 5.26. The molecule has 1 amide bonds. The molecule has 0 atom stereocenters. The Hall–Kier alpha value is -2.54. The maximum Gasteiger partial charge on any atom is 0.246 e. The lowest BCUT2D eigenvalue weighted by Gasteiger charge is -2.34. The Balaban J connectivity index is 1.28. The number of benzene rings is 2. The van der Waals surface area contributed by atoms with E-state index in [1.54, 1.807) is 4.90 Å². The minimum atomic E-state index is -3.93. The first-order valence-corrected chi connectivity index (χ1v) is 13.0. The number of carbonyl (C=O) groups excluding carboxylic acids is 1. The topological polar surface area (TPSA) is 95.5 Å². The molecule has 1 N–H and O–H groups in total. The van der Waals surface area contributed by atoms with Crippen LogP contribution < -0.4 is 5.32 Å². The van der Waals surface area contributed by atoms with Gasteiger partial charge in [0.2, 0.25) is 21.1 Å². The van der Waals surface area contributed by atoms with Crippen molar-refractivity contribution < 1.29 is 17.6 Å². The molecule has 1 aromatic heterocycles. The van der Waals surface area contributed by atoms with Crippen LogP contribution in [0, 0.1) is 5.82 Å². The van der Waals surface area contributed by atoms with Crippen molar-refractivity contribution in [2.75, 3.05) is 37.2 Å². The zero-order valence-corrected chi connectivity index (χ0v) is 19.3. The van der Waals surface area contributed by atoms with Gasteiger partial charge in [-0.2, -0.15) is 4.31 Å². The second-order valence-corrected chi connectivity index (χ2v) is 11.0. The van der Waals surface area contributed by atoms with Crippen molar-refractivity contribution in [2.24, 2.45) is 0 Å². The van der Waals surface area contributed by atoms with Crippen molar-refractivity contribution >= 4 is 49.8 Å². The Bertz CT molecular complexity index is 1180. The Morgan fingerprint density at radius 1 is 1.03 bits per heavy atom. The maximum atomic E-state index is 13.9.